The summed E-state index contributed by atoms with van der Waals surface area (Å²) in [6, 6.07) is 8.91. The van der Waals surface area contributed by atoms with Gasteiger partial charge in [-0.25, -0.2) is 4.98 Å². The second kappa shape index (κ2) is 4.85. The molecule has 3 rings (SSSR count). The van der Waals surface area contributed by atoms with Crippen molar-refractivity contribution < 1.29 is 4.74 Å². The van der Waals surface area contributed by atoms with Crippen LogP contribution in [0.15, 0.2) is 30.6 Å². The number of ether oxygens (including phenoxy) is 1. The second-order valence-electron chi connectivity index (χ2n) is 3.95. The van der Waals surface area contributed by atoms with Gasteiger partial charge in [0.25, 0.3) is 5.88 Å². The monoisotopic (exact) mass is 266 g/mol. The van der Waals surface area contributed by atoms with Gasteiger partial charge in [0.15, 0.2) is 5.65 Å². The molecule has 0 aliphatic carbocycles. The molecule has 0 saturated heterocycles. The van der Waals surface area contributed by atoms with Crippen molar-refractivity contribution in [2.24, 2.45) is 0 Å². The molecule has 0 amide bonds. The molecule has 0 spiro atoms. The molecule has 7 heteroatoms. The summed E-state index contributed by atoms with van der Waals surface area (Å²) in [6.45, 7) is 0. The standard InChI is InChI=1S/C13H10N6O/c1-15-13-18-11-10(16-7-17-11)12(19-13)20-9-4-2-3-8(5-9)6-14/h2-5,7H,1H3,(H2,15,16,17,18,19). The van der Waals surface area contributed by atoms with Gasteiger partial charge in [-0.15, -0.1) is 0 Å². The highest BCUT2D eigenvalue weighted by Crippen LogP contribution is 2.26. The van der Waals surface area contributed by atoms with Crippen LogP contribution in [0.4, 0.5) is 5.95 Å². The Bertz CT molecular complexity index is 804. The second-order valence-corrected chi connectivity index (χ2v) is 3.95. The van der Waals surface area contributed by atoms with E-state index < -0.39 is 0 Å². The SMILES string of the molecule is CNc1nc(Oc2cccc(C#N)c2)c2[nH]cnc2n1. The zero-order valence-corrected chi connectivity index (χ0v) is 10.6. The molecule has 0 atom stereocenters. The Hall–Kier alpha value is -3.14. The lowest BCUT2D eigenvalue weighted by Gasteiger charge is -2.07. The molecule has 0 saturated carbocycles. The Labute approximate surface area is 114 Å². The summed E-state index contributed by atoms with van der Waals surface area (Å²) >= 11 is 0. The van der Waals surface area contributed by atoms with Gasteiger partial charge in [-0.2, -0.15) is 15.2 Å². The summed E-state index contributed by atoms with van der Waals surface area (Å²) < 4.78 is 5.72. The van der Waals surface area contributed by atoms with Crippen molar-refractivity contribution in [1.82, 2.24) is 19.9 Å². The number of H-pyrrole nitrogens is 1. The lowest BCUT2D eigenvalue weighted by atomic mass is 10.2. The molecule has 0 fully saturated rings. The summed E-state index contributed by atoms with van der Waals surface area (Å²) in [5.41, 5.74) is 1.63. The van der Waals surface area contributed by atoms with Crippen LogP contribution in [-0.2, 0) is 0 Å². The van der Waals surface area contributed by atoms with Gasteiger partial charge in [0.2, 0.25) is 5.95 Å². The van der Waals surface area contributed by atoms with Gasteiger partial charge < -0.3 is 15.0 Å². The van der Waals surface area contributed by atoms with Crippen LogP contribution in [0.5, 0.6) is 11.6 Å². The summed E-state index contributed by atoms with van der Waals surface area (Å²) in [7, 11) is 1.72. The van der Waals surface area contributed by atoms with Gasteiger partial charge in [-0.05, 0) is 18.2 Å². The van der Waals surface area contributed by atoms with Crippen molar-refractivity contribution in [3.8, 4) is 17.7 Å². The maximum Gasteiger partial charge on any atom is 0.250 e. The van der Waals surface area contributed by atoms with Gasteiger partial charge >= 0.3 is 0 Å². The molecule has 20 heavy (non-hydrogen) atoms. The predicted octanol–water partition coefficient (Wildman–Crippen LogP) is 2.06. The first-order valence-corrected chi connectivity index (χ1v) is 5.87. The van der Waals surface area contributed by atoms with Crippen LogP contribution in [0.1, 0.15) is 5.56 Å². The highest BCUT2D eigenvalue weighted by Gasteiger charge is 2.11. The summed E-state index contributed by atoms with van der Waals surface area (Å²) in [4.78, 5) is 15.5. The molecule has 1 aromatic carbocycles. The fourth-order valence-corrected chi connectivity index (χ4v) is 1.73. The molecule has 98 valence electrons. The minimum Gasteiger partial charge on any atom is -0.437 e. The van der Waals surface area contributed by atoms with E-state index in [4.69, 9.17) is 10.00 Å². The predicted molar refractivity (Wildman–Crippen MR) is 72.5 cm³/mol. The van der Waals surface area contributed by atoms with Crippen molar-refractivity contribution in [2.75, 3.05) is 12.4 Å². The number of rotatable bonds is 3. The maximum absolute atomic E-state index is 8.89. The van der Waals surface area contributed by atoms with E-state index in [2.05, 4.69) is 31.3 Å². The third-order valence-electron chi connectivity index (χ3n) is 2.65. The zero-order valence-electron chi connectivity index (χ0n) is 10.6. The van der Waals surface area contributed by atoms with Crippen molar-refractivity contribution in [3.05, 3.63) is 36.2 Å². The summed E-state index contributed by atoms with van der Waals surface area (Å²) in [6.07, 6.45) is 1.53. The fraction of sp³-hybridized carbons (Fsp3) is 0.0769. The van der Waals surface area contributed by atoms with Gasteiger partial charge in [0.05, 0.1) is 18.0 Å². The number of benzene rings is 1. The first kappa shape index (κ1) is 11.9. The van der Waals surface area contributed by atoms with Crippen molar-refractivity contribution in [2.45, 2.75) is 0 Å². The number of nitrogens with zero attached hydrogens (tertiary/aromatic N) is 4. The van der Waals surface area contributed by atoms with E-state index in [0.29, 0.717) is 34.3 Å². The molecule has 3 aromatic rings. The van der Waals surface area contributed by atoms with Crippen LogP contribution in [0.3, 0.4) is 0 Å². The molecule has 0 bridgehead atoms. The number of hydrogen-bond donors (Lipinski definition) is 2. The van der Waals surface area contributed by atoms with Crippen LogP contribution in [0.2, 0.25) is 0 Å². The number of anilines is 1. The lowest BCUT2D eigenvalue weighted by molar-refractivity contribution is 0.468. The quantitative estimate of drug-likeness (QED) is 0.752. The number of fused-ring (bicyclic) bond motifs is 1. The third kappa shape index (κ3) is 2.10. The van der Waals surface area contributed by atoms with E-state index in [1.807, 2.05) is 0 Å². The Morgan fingerprint density at radius 3 is 3.05 bits per heavy atom. The summed E-state index contributed by atoms with van der Waals surface area (Å²) in [5.74, 6) is 1.30. The van der Waals surface area contributed by atoms with E-state index in [0.717, 1.165) is 0 Å². The number of aromatic nitrogens is 4. The fourth-order valence-electron chi connectivity index (χ4n) is 1.73. The molecule has 0 aliphatic rings. The zero-order chi connectivity index (χ0) is 13.9. The molecule has 2 heterocycles. The van der Waals surface area contributed by atoms with E-state index in [1.54, 1.807) is 31.3 Å². The third-order valence-corrected chi connectivity index (χ3v) is 2.65. The Morgan fingerprint density at radius 1 is 1.35 bits per heavy atom. The van der Waals surface area contributed by atoms with Gasteiger partial charge in [-0.3, -0.25) is 0 Å². The molecule has 7 nitrogen and oxygen atoms in total. The maximum atomic E-state index is 8.89. The van der Waals surface area contributed by atoms with Gasteiger partial charge in [0.1, 0.15) is 11.3 Å². The molecular formula is C13H10N6O. The largest absolute Gasteiger partial charge is 0.437 e. The van der Waals surface area contributed by atoms with E-state index in [-0.39, 0.29) is 0 Å². The first-order chi connectivity index (χ1) is 9.80. The molecular weight excluding hydrogens is 256 g/mol. The van der Waals surface area contributed by atoms with E-state index in [9.17, 15) is 0 Å². The van der Waals surface area contributed by atoms with Crippen LogP contribution >= 0.6 is 0 Å². The highest BCUT2D eigenvalue weighted by atomic mass is 16.5. The number of nitrogens with one attached hydrogen (secondary N) is 2. The normalized spacial score (nSPS) is 10.2. The molecule has 2 N–H and O–H groups in total. The number of hydrogen-bond acceptors (Lipinski definition) is 6. The lowest BCUT2D eigenvalue weighted by Crippen LogP contribution is -1.99. The molecule has 2 aromatic heterocycles. The smallest absolute Gasteiger partial charge is 0.250 e. The minimum absolute atomic E-state index is 0.354. The van der Waals surface area contributed by atoms with Crippen molar-refractivity contribution >= 4 is 17.1 Å². The van der Waals surface area contributed by atoms with Crippen LogP contribution in [0.25, 0.3) is 11.2 Å². The van der Waals surface area contributed by atoms with Crippen LogP contribution in [0, 0.1) is 11.3 Å². The average molecular weight is 266 g/mol. The molecule has 0 radical (unpaired) electrons. The molecule has 0 unspecified atom stereocenters. The Balaban J connectivity index is 2.05. The van der Waals surface area contributed by atoms with Gasteiger partial charge in [-0.1, -0.05) is 6.07 Å². The van der Waals surface area contributed by atoms with Crippen molar-refractivity contribution in [1.29, 1.82) is 5.26 Å². The van der Waals surface area contributed by atoms with Crippen LogP contribution < -0.4 is 10.1 Å². The van der Waals surface area contributed by atoms with E-state index >= 15 is 0 Å². The van der Waals surface area contributed by atoms with Crippen molar-refractivity contribution in [3.63, 3.8) is 0 Å². The summed E-state index contributed by atoms with van der Waals surface area (Å²) in [5, 5.41) is 11.7. The Kier molecular flexibility index (Phi) is 2.89. The van der Waals surface area contributed by atoms with Gasteiger partial charge in [0, 0.05) is 7.05 Å². The highest BCUT2D eigenvalue weighted by molar-refractivity contribution is 5.77. The average Bonchev–Trinajstić information content (AvgIpc) is 2.96. The van der Waals surface area contributed by atoms with E-state index in [1.165, 1.54) is 6.33 Å². The Morgan fingerprint density at radius 2 is 2.25 bits per heavy atom. The molecule has 0 aliphatic heterocycles. The number of imidazole rings is 1. The number of nitriles is 1. The minimum atomic E-state index is 0.354. The number of aromatic amines is 1. The first-order valence-electron chi connectivity index (χ1n) is 5.87. The topological polar surface area (TPSA) is 99.5 Å². The van der Waals surface area contributed by atoms with Crippen LogP contribution in [-0.4, -0.2) is 27.0 Å².